The molecule has 1 aliphatic heterocycles. The van der Waals surface area contributed by atoms with Crippen molar-refractivity contribution in [3.8, 4) is 0 Å². The molecule has 0 saturated heterocycles. The highest BCUT2D eigenvalue weighted by Gasteiger charge is 2.39. The summed E-state index contributed by atoms with van der Waals surface area (Å²) < 4.78 is 1.37. The van der Waals surface area contributed by atoms with Gasteiger partial charge < -0.3 is 9.80 Å². The van der Waals surface area contributed by atoms with E-state index in [2.05, 4.69) is 87.7 Å². The molecule has 0 unspecified atom stereocenters. The SMILES string of the molecule is Cc1ccc(C)c(N2c3c(sc4ccccc34)N(C(C)C)[C@@H]2C)c1C. The number of rotatable bonds is 2. The molecular formula is C22H26N2S. The van der Waals surface area contributed by atoms with Crippen LogP contribution in [-0.2, 0) is 0 Å². The molecule has 0 N–H and O–H groups in total. The third kappa shape index (κ3) is 2.29. The Kier molecular flexibility index (Phi) is 3.80. The average Bonchev–Trinajstić information content (AvgIpc) is 3.06. The highest BCUT2D eigenvalue weighted by Crippen LogP contribution is 2.55. The van der Waals surface area contributed by atoms with Crippen LogP contribution in [0, 0.1) is 20.8 Å². The van der Waals surface area contributed by atoms with Crippen molar-refractivity contribution >= 4 is 37.8 Å². The quantitative estimate of drug-likeness (QED) is 0.518. The van der Waals surface area contributed by atoms with Crippen LogP contribution in [0.4, 0.5) is 16.4 Å². The zero-order chi connectivity index (χ0) is 17.9. The van der Waals surface area contributed by atoms with Crippen LogP contribution in [0.15, 0.2) is 36.4 Å². The number of aryl methyl sites for hydroxylation is 2. The molecular weight excluding hydrogens is 324 g/mol. The first-order chi connectivity index (χ1) is 11.9. The van der Waals surface area contributed by atoms with Crippen molar-refractivity contribution in [1.82, 2.24) is 0 Å². The van der Waals surface area contributed by atoms with Crippen LogP contribution in [-0.4, -0.2) is 12.2 Å². The number of nitrogens with zero attached hydrogens (tertiary/aromatic N) is 2. The van der Waals surface area contributed by atoms with Gasteiger partial charge in [0.2, 0.25) is 0 Å². The Labute approximate surface area is 154 Å². The van der Waals surface area contributed by atoms with E-state index in [4.69, 9.17) is 0 Å². The molecule has 3 aromatic rings. The Bertz CT molecular complexity index is 954. The summed E-state index contributed by atoms with van der Waals surface area (Å²) >= 11 is 1.93. The van der Waals surface area contributed by atoms with Gasteiger partial charge >= 0.3 is 0 Å². The van der Waals surface area contributed by atoms with Crippen molar-refractivity contribution in [3.05, 3.63) is 53.1 Å². The van der Waals surface area contributed by atoms with Crippen molar-refractivity contribution in [1.29, 1.82) is 0 Å². The maximum Gasteiger partial charge on any atom is 0.118 e. The van der Waals surface area contributed by atoms with E-state index in [-0.39, 0.29) is 0 Å². The van der Waals surface area contributed by atoms with Gasteiger partial charge in [0, 0.05) is 21.8 Å². The highest BCUT2D eigenvalue weighted by atomic mass is 32.1. The fourth-order valence-corrected chi connectivity index (χ4v) is 5.58. The number of fused-ring (bicyclic) bond motifs is 3. The summed E-state index contributed by atoms with van der Waals surface area (Å²) in [5.74, 6) is 0. The number of hydrogen-bond donors (Lipinski definition) is 0. The lowest BCUT2D eigenvalue weighted by Crippen LogP contribution is -2.42. The summed E-state index contributed by atoms with van der Waals surface area (Å²) in [5, 5.41) is 2.78. The average molecular weight is 351 g/mol. The fourth-order valence-electron chi connectivity index (χ4n) is 4.18. The van der Waals surface area contributed by atoms with Crippen molar-refractivity contribution in [2.75, 3.05) is 9.80 Å². The summed E-state index contributed by atoms with van der Waals surface area (Å²) in [6.07, 6.45) is 0.324. The second kappa shape index (κ2) is 5.77. The summed E-state index contributed by atoms with van der Waals surface area (Å²) in [4.78, 5) is 5.15. The van der Waals surface area contributed by atoms with Gasteiger partial charge in [0.25, 0.3) is 0 Å². The molecule has 0 bridgehead atoms. The van der Waals surface area contributed by atoms with E-state index in [0.717, 1.165) is 0 Å². The number of thiophene rings is 1. The van der Waals surface area contributed by atoms with Gasteiger partial charge in [-0.2, -0.15) is 0 Å². The molecule has 0 radical (unpaired) electrons. The highest BCUT2D eigenvalue weighted by molar-refractivity contribution is 7.23. The predicted octanol–water partition coefficient (Wildman–Crippen LogP) is 6.54. The first-order valence-corrected chi connectivity index (χ1v) is 9.89. The van der Waals surface area contributed by atoms with Crippen molar-refractivity contribution in [2.24, 2.45) is 0 Å². The topological polar surface area (TPSA) is 6.48 Å². The summed E-state index contributed by atoms with van der Waals surface area (Å²) in [6.45, 7) is 13.6. The normalized spacial score (nSPS) is 17.0. The summed E-state index contributed by atoms with van der Waals surface area (Å²) in [6, 6.07) is 13.8. The molecule has 3 heteroatoms. The molecule has 2 aromatic carbocycles. The van der Waals surface area contributed by atoms with E-state index in [1.54, 1.807) is 0 Å². The van der Waals surface area contributed by atoms with Gasteiger partial charge in [0.05, 0.1) is 5.69 Å². The molecule has 1 aliphatic rings. The van der Waals surface area contributed by atoms with Gasteiger partial charge in [0.1, 0.15) is 11.2 Å². The Morgan fingerprint density at radius 1 is 0.920 bits per heavy atom. The monoisotopic (exact) mass is 350 g/mol. The molecule has 0 spiro atoms. The molecule has 25 heavy (non-hydrogen) atoms. The first kappa shape index (κ1) is 16.5. The number of benzene rings is 2. The smallest absolute Gasteiger partial charge is 0.118 e. The van der Waals surface area contributed by atoms with Gasteiger partial charge in [-0.15, -0.1) is 11.3 Å². The summed E-state index contributed by atoms with van der Waals surface area (Å²) in [5.41, 5.74) is 6.86. The van der Waals surface area contributed by atoms with Gasteiger partial charge in [-0.1, -0.05) is 30.3 Å². The molecule has 1 aromatic heterocycles. The molecule has 2 heterocycles. The Balaban J connectivity index is 2.04. The van der Waals surface area contributed by atoms with Gasteiger partial charge in [-0.25, -0.2) is 0 Å². The molecule has 0 amide bonds. The zero-order valence-electron chi connectivity index (χ0n) is 15.9. The van der Waals surface area contributed by atoms with Crippen LogP contribution >= 0.6 is 11.3 Å². The van der Waals surface area contributed by atoms with E-state index >= 15 is 0 Å². The van der Waals surface area contributed by atoms with Gasteiger partial charge in [-0.3, -0.25) is 0 Å². The van der Waals surface area contributed by atoms with Crippen molar-refractivity contribution in [3.63, 3.8) is 0 Å². The minimum absolute atomic E-state index is 0.324. The third-order valence-corrected chi connectivity index (χ3v) is 6.68. The molecule has 1 atom stereocenters. The van der Waals surface area contributed by atoms with Crippen LogP contribution in [0.25, 0.3) is 10.1 Å². The molecule has 4 rings (SSSR count). The van der Waals surface area contributed by atoms with E-state index in [1.807, 2.05) is 11.3 Å². The van der Waals surface area contributed by atoms with Crippen LogP contribution < -0.4 is 9.80 Å². The Morgan fingerprint density at radius 2 is 1.60 bits per heavy atom. The Hall–Kier alpha value is -2.00. The largest absolute Gasteiger partial charge is 0.339 e. The lowest BCUT2D eigenvalue weighted by Gasteiger charge is -2.35. The third-order valence-electron chi connectivity index (χ3n) is 5.50. The maximum absolute atomic E-state index is 2.58. The van der Waals surface area contributed by atoms with E-state index < -0.39 is 0 Å². The molecule has 0 saturated carbocycles. The van der Waals surface area contributed by atoms with E-state index in [0.29, 0.717) is 12.2 Å². The second-order valence-electron chi connectivity index (χ2n) is 7.43. The second-order valence-corrected chi connectivity index (χ2v) is 8.46. The molecule has 130 valence electrons. The predicted molar refractivity (Wildman–Crippen MR) is 112 cm³/mol. The van der Waals surface area contributed by atoms with Crippen molar-refractivity contribution in [2.45, 2.75) is 53.8 Å². The zero-order valence-corrected chi connectivity index (χ0v) is 16.7. The minimum Gasteiger partial charge on any atom is -0.339 e. The number of anilines is 3. The van der Waals surface area contributed by atoms with Crippen molar-refractivity contribution < 1.29 is 0 Å². The Morgan fingerprint density at radius 3 is 2.32 bits per heavy atom. The molecule has 0 aliphatic carbocycles. The number of hydrogen-bond acceptors (Lipinski definition) is 3. The first-order valence-electron chi connectivity index (χ1n) is 9.07. The minimum atomic E-state index is 0.324. The van der Waals surface area contributed by atoms with E-state index in [9.17, 15) is 0 Å². The lowest BCUT2D eigenvalue weighted by atomic mass is 10.0. The maximum atomic E-state index is 2.58. The van der Waals surface area contributed by atoms with Gasteiger partial charge in [-0.05, 0) is 64.3 Å². The lowest BCUT2D eigenvalue weighted by molar-refractivity contribution is 0.608. The molecule has 2 nitrogen and oxygen atoms in total. The van der Waals surface area contributed by atoms with Crippen LogP contribution in [0.3, 0.4) is 0 Å². The standard InChI is InChI=1S/C22H26N2S/c1-13(2)23-17(6)24(20-15(4)12-11-14(3)16(20)5)21-18-9-7-8-10-19(18)25-22(21)23/h7-13,17H,1-6H3/t17-/m0/s1. The van der Waals surface area contributed by atoms with Gasteiger partial charge in [0.15, 0.2) is 0 Å². The van der Waals surface area contributed by atoms with Crippen LogP contribution in [0.1, 0.15) is 37.5 Å². The molecule has 0 fully saturated rings. The van der Waals surface area contributed by atoms with E-state index in [1.165, 1.54) is 43.2 Å². The van der Waals surface area contributed by atoms with Crippen LogP contribution in [0.5, 0.6) is 0 Å². The summed E-state index contributed by atoms with van der Waals surface area (Å²) in [7, 11) is 0. The fraction of sp³-hybridized carbons (Fsp3) is 0.364. The van der Waals surface area contributed by atoms with Crippen LogP contribution in [0.2, 0.25) is 0 Å².